The van der Waals surface area contributed by atoms with Crippen molar-refractivity contribution in [1.82, 2.24) is 9.55 Å². The number of pyridine rings is 1. The average Bonchev–Trinajstić information content (AvgIpc) is 3.03. The fraction of sp³-hybridized carbons (Fsp3) is 0.250. The Hall–Kier alpha value is -3.14. The molecular weight excluding hydrogens is 348 g/mol. The Kier molecular flexibility index (Phi) is 5.11. The quantitative estimate of drug-likeness (QED) is 0.468. The molecular formula is C24H24N2O2. The maximum absolute atomic E-state index is 11.6. The third kappa shape index (κ3) is 3.38. The minimum Gasteiger partial charge on any atom is -0.477 e. The molecule has 2 heterocycles. The molecule has 28 heavy (non-hydrogen) atoms. The number of carbonyl (C=O) groups is 1. The van der Waals surface area contributed by atoms with E-state index < -0.39 is 5.97 Å². The van der Waals surface area contributed by atoms with Gasteiger partial charge < -0.3 is 9.67 Å². The molecule has 4 rings (SSSR count). The maximum atomic E-state index is 11.6. The molecule has 0 bridgehead atoms. The van der Waals surface area contributed by atoms with Crippen molar-refractivity contribution in [2.75, 3.05) is 0 Å². The van der Waals surface area contributed by atoms with Crippen LogP contribution < -0.4 is 0 Å². The summed E-state index contributed by atoms with van der Waals surface area (Å²) >= 11 is 0. The number of aryl methyl sites for hydroxylation is 3. The molecule has 0 aliphatic rings. The van der Waals surface area contributed by atoms with Gasteiger partial charge in [0.2, 0.25) is 0 Å². The van der Waals surface area contributed by atoms with E-state index in [1.807, 2.05) is 18.2 Å². The number of para-hydroxylation sites is 1. The summed E-state index contributed by atoms with van der Waals surface area (Å²) in [6, 6.07) is 20.5. The second kappa shape index (κ2) is 7.85. The van der Waals surface area contributed by atoms with Crippen LogP contribution >= 0.6 is 0 Å². The molecule has 4 aromatic rings. The lowest BCUT2D eigenvalue weighted by molar-refractivity contribution is 0.0690. The van der Waals surface area contributed by atoms with Crippen molar-refractivity contribution < 1.29 is 9.90 Å². The van der Waals surface area contributed by atoms with Crippen molar-refractivity contribution in [2.24, 2.45) is 0 Å². The zero-order valence-electron chi connectivity index (χ0n) is 16.1. The van der Waals surface area contributed by atoms with Crippen LogP contribution in [0.15, 0.2) is 60.7 Å². The highest BCUT2D eigenvalue weighted by Crippen LogP contribution is 2.32. The van der Waals surface area contributed by atoms with Crippen LogP contribution in [-0.2, 0) is 19.4 Å². The molecule has 142 valence electrons. The van der Waals surface area contributed by atoms with Gasteiger partial charge >= 0.3 is 5.97 Å². The van der Waals surface area contributed by atoms with Gasteiger partial charge in [-0.3, -0.25) is 0 Å². The minimum atomic E-state index is -0.972. The summed E-state index contributed by atoms with van der Waals surface area (Å²) in [6.45, 7) is 2.98. The summed E-state index contributed by atoms with van der Waals surface area (Å²) in [5.74, 6) is -0.972. The molecule has 0 spiro atoms. The molecule has 1 N–H and O–H groups in total. The SMILES string of the molecule is CCCc1nc(C(=O)O)cc2c3ccccc3n(CCCc3ccccc3)c12. The third-order valence-electron chi connectivity index (χ3n) is 5.22. The van der Waals surface area contributed by atoms with Crippen molar-refractivity contribution in [1.29, 1.82) is 0 Å². The fourth-order valence-electron chi connectivity index (χ4n) is 3.99. The molecule has 0 saturated heterocycles. The third-order valence-corrected chi connectivity index (χ3v) is 5.22. The highest BCUT2D eigenvalue weighted by atomic mass is 16.4. The number of carboxylic acid groups (broad SMARTS) is 1. The van der Waals surface area contributed by atoms with Crippen molar-refractivity contribution in [3.05, 3.63) is 77.6 Å². The van der Waals surface area contributed by atoms with Crippen LogP contribution in [0.5, 0.6) is 0 Å². The molecule has 0 saturated carbocycles. The van der Waals surface area contributed by atoms with Gasteiger partial charge in [0.15, 0.2) is 0 Å². The number of nitrogens with zero attached hydrogens (tertiary/aromatic N) is 2. The van der Waals surface area contributed by atoms with E-state index in [4.69, 9.17) is 0 Å². The van der Waals surface area contributed by atoms with E-state index in [2.05, 4.69) is 52.9 Å². The predicted octanol–water partition coefficient (Wildman–Crippen LogP) is 5.47. The molecule has 2 aromatic carbocycles. The molecule has 0 aliphatic carbocycles. The van der Waals surface area contributed by atoms with Crippen LogP contribution in [-0.4, -0.2) is 20.6 Å². The average molecular weight is 372 g/mol. The first-order chi connectivity index (χ1) is 13.7. The summed E-state index contributed by atoms with van der Waals surface area (Å²) < 4.78 is 2.33. The van der Waals surface area contributed by atoms with Crippen LogP contribution in [0.25, 0.3) is 21.8 Å². The monoisotopic (exact) mass is 372 g/mol. The second-order valence-corrected chi connectivity index (χ2v) is 7.16. The summed E-state index contributed by atoms with van der Waals surface area (Å²) in [6.07, 6.45) is 3.73. The topological polar surface area (TPSA) is 55.1 Å². The largest absolute Gasteiger partial charge is 0.477 e. The second-order valence-electron chi connectivity index (χ2n) is 7.16. The zero-order chi connectivity index (χ0) is 19.5. The summed E-state index contributed by atoms with van der Waals surface area (Å²) in [4.78, 5) is 16.1. The Labute approximate surface area is 164 Å². The van der Waals surface area contributed by atoms with Gasteiger partial charge in [0.1, 0.15) is 5.69 Å². The van der Waals surface area contributed by atoms with Crippen molar-refractivity contribution >= 4 is 27.8 Å². The molecule has 0 atom stereocenters. The highest BCUT2D eigenvalue weighted by molar-refractivity contribution is 6.10. The Morgan fingerprint density at radius 2 is 1.75 bits per heavy atom. The van der Waals surface area contributed by atoms with Gasteiger partial charge in [-0.05, 0) is 37.0 Å². The van der Waals surface area contributed by atoms with Crippen LogP contribution in [0.2, 0.25) is 0 Å². The van der Waals surface area contributed by atoms with Crippen molar-refractivity contribution in [3.8, 4) is 0 Å². The van der Waals surface area contributed by atoms with E-state index in [1.54, 1.807) is 6.07 Å². The number of carboxylic acids is 1. The van der Waals surface area contributed by atoms with Crippen LogP contribution in [0.1, 0.15) is 41.5 Å². The fourth-order valence-corrected chi connectivity index (χ4v) is 3.99. The lowest BCUT2D eigenvalue weighted by atomic mass is 10.1. The lowest BCUT2D eigenvalue weighted by Gasteiger charge is -2.11. The van der Waals surface area contributed by atoms with E-state index in [9.17, 15) is 9.90 Å². The number of aromatic carboxylic acids is 1. The molecule has 0 fully saturated rings. The number of fused-ring (bicyclic) bond motifs is 3. The molecule has 0 unspecified atom stereocenters. The van der Waals surface area contributed by atoms with Gasteiger partial charge in [-0.1, -0.05) is 61.9 Å². The first-order valence-electron chi connectivity index (χ1n) is 9.87. The van der Waals surface area contributed by atoms with E-state index >= 15 is 0 Å². The van der Waals surface area contributed by atoms with Gasteiger partial charge in [0, 0.05) is 22.8 Å². The molecule has 0 amide bonds. The molecule has 4 nitrogen and oxygen atoms in total. The van der Waals surface area contributed by atoms with Crippen LogP contribution in [0, 0.1) is 0 Å². The van der Waals surface area contributed by atoms with Gasteiger partial charge in [-0.15, -0.1) is 0 Å². The standard InChI is InChI=1S/C24H24N2O2/c1-2-9-20-23-19(16-21(25-20)24(27)28)18-13-6-7-14-22(18)26(23)15-8-12-17-10-4-3-5-11-17/h3-7,10-11,13-14,16H,2,8-9,12,15H2,1H3,(H,27,28). The van der Waals surface area contributed by atoms with Crippen molar-refractivity contribution in [2.45, 2.75) is 39.2 Å². The van der Waals surface area contributed by atoms with Crippen molar-refractivity contribution in [3.63, 3.8) is 0 Å². The number of aromatic nitrogens is 2. The maximum Gasteiger partial charge on any atom is 0.354 e. The Balaban J connectivity index is 1.82. The minimum absolute atomic E-state index is 0.128. The van der Waals surface area contributed by atoms with Gasteiger partial charge in [0.05, 0.1) is 11.2 Å². The van der Waals surface area contributed by atoms with Crippen LogP contribution in [0.3, 0.4) is 0 Å². The first-order valence-corrected chi connectivity index (χ1v) is 9.87. The molecule has 4 heteroatoms. The van der Waals surface area contributed by atoms with E-state index in [0.29, 0.717) is 0 Å². The summed E-state index contributed by atoms with van der Waals surface area (Å²) in [5, 5.41) is 11.6. The normalized spacial score (nSPS) is 11.3. The smallest absolute Gasteiger partial charge is 0.354 e. The predicted molar refractivity (Wildman–Crippen MR) is 113 cm³/mol. The highest BCUT2D eigenvalue weighted by Gasteiger charge is 2.18. The first kappa shape index (κ1) is 18.2. The Morgan fingerprint density at radius 3 is 2.50 bits per heavy atom. The molecule has 0 aliphatic heterocycles. The lowest BCUT2D eigenvalue weighted by Crippen LogP contribution is -2.07. The van der Waals surface area contributed by atoms with Crippen LogP contribution in [0.4, 0.5) is 0 Å². The molecule has 2 aromatic heterocycles. The van der Waals surface area contributed by atoms with Gasteiger partial charge in [-0.2, -0.15) is 0 Å². The van der Waals surface area contributed by atoms with E-state index in [-0.39, 0.29) is 5.69 Å². The Bertz CT molecular complexity index is 1130. The summed E-state index contributed by atoms with van der Waals surface area (Å²) in [7, 11) is 0. The van der Waals surface area contributed by atoms with E-state index in [0.717, 1.165) is 59.7 Å². The number of hydrogen-bond donors (Lipinski definition) is 1. The number of rotatable bonds is 7. The Morgan fingerprint density at radius 1 is 1.00 bits per heavy atom. The zero-order valence-corrected chi connectivity index (χ0v) is 16.1. The van der Waals surface area contributed by atoms with Gasteiger partial charge in [0.25, 0.3) is 0 Å². The van der Waals surface area contributed by atoms with E-state index in [1.165, 1.54) is 5.56 Å². The molecule has 0 radical (unpaired) electrons. The van der Waals surface area contributed by atoms with Gasteiger partial charge in [-0.25, -0.2) is 9.78 Å². The number of benzene rings is 2. The number of hydrogen-bond acceptors (Lipinski definition) is 2. The summed E-state index contributed by atoms with van der Waals surface area (Å²) in [5.41, 5.74) is 4.58.